The molecule has 4 rings (SSSR count). The number of fused-ring (bicyclic) bond motifs is 2. The van der Waals surface area contributed by atoms with E-state index in [2.05, 4.69) is 90.9 Å². The fourth-order valence-electron chi connectivity index (χ4n) is 6.08. The minimum atomic E-state index is -1.45. The molecule has 0 aliphatic rings. The number of benzene rings is 2. The Morgan fingerprint density at radius 1 is 1.05 bits per heavy atom. The maximum absolute atomic E-state index is 11.7. The molecule has 0 atom stereocenters. The molecule has 241 valence electrons. The van der Waals surface area contributed by atoms with E-state index < -0.39 is 20.5 Å². The van der Waals surface area contributed by atoms with Crippen LogP contribution < -0.4 is 4.50 Å². The van der Waals surface area contributed by atoms with Crippen LogP contribution in [0.4, 0.5) is 4.39 Å². The van der Waals surface area contributed by atoms with E-state index in [-0.39, 0.29) is 37.2 Å². The molecule has 0 amide bonds. The van der Waals surface area contributed by atoms with Crippen LogP contribution in [0.15, 0.2) is 54.4 Å². The van der Waals surface area contributed by atoms with Crippen LogP contribution >= 0.6 is 11.3 Å². The first kappa shape index (κ1) is 38.0. The largest absolute Gasteiger partial charge is 0.512 e. The van der Waals surface area contributed by atoms with Crippen molar-refractivity contribution in [1.29, 1.82) is 0 Å². The number of nitrogens with zero attached hydrogens (tertiary/aromatic N) is 1. The fourth-order valence-corrected chi connectivity index (χ4v) is 13.0. The molecule has 2 aromatic heterocycles. The van der Waals surface area contributed by atoms with Crippen molar-refractivity contribution < 1.29 is 34.4 Å². The molecule has 3 nitrogen and oxygen atoms in total. The summed E-state index contributed by atoms with van der Waals surface area (Å²) in [4.78, 5) is 15.5. The van der Waals surface area contributed by atoms with Crippen molar-refractivity contribution in [3.05, 3.63) is 71.6 Å². The number of ketones is 1. The molecule has 0 aliphatic carbocycles. The SMILES string of the molecule is CCC(CC)/C(O)=C/C(=O)CF.CC[Si](CC)(CC)c1sc2c(-c3[c-]c4ccccc4c(C(C)(C)C)c3)nccc2c1C.[Ir]. The standard InChI is InChI=1S/C28H34NSSi.C9H15FO2.Ir/c1-8-31(9-2,10-3)27-19(4)22-15-16-29-25(26(22)30-27)21-17-20-13-11-12-14-23(20)24(18-21)28(5,6)7;1-3-7(4-2)9(12)5-8(11)6-10;/h11-16,18H,8-10H2,1-7H3;5,7,12H,3-4,6H2,1-2H3;/q-1;;/b;9-5-;. The average Bonchev–Trinajstić information content (AvgIpc) is 3.35. The average molecular weight is 811 g/mol. The molecule has 1 radical (unpaired) electrons. The zero-order chi connectivity index (χ0) is 31.9. The summed E-state index contributed by atoms with van der Waals surface area (Å²) in [6.07, 6.45) is 4.50. The third-order valence-corrected chi connectivity index (χ3v) is 17.2. The normalized spacial score (nSPS) is 12.3. The van der Waals surface area contributed by atoms with Gasteiger partial charge in [0.25, 0.3) is 0 Å². The zero-order valence-electron chi connectivity index (χ0n) is 27.9. The Kier molecular flexibility index (Phi) is 14.2. The number of aliphatic hydroxyl groups excluding tert-OH is 1. The Morgan fingerprint density at radius 2 is 1.66 bits per heavy atom. The Bertz CT molecular complexity index is 1570. The maximum atomic E-state index is 11.7. The summed E-state index contributed by atoms with van der Waals surface area (Å²) in [6.45, 7) is 19.2. The summed E-state index contributed by atoms with van der Waals surface area (Å²) in [5.74, 6) is -0.678. The van der Waals surface area contributed by atoms with Crippen LogP contribution in [0.5, 0.6) is 0 Å². The number of alkyl halides is 1. The number of pyridine rings is 1. The van der Waals surface area contributed by atoms with Crippen LogP contribution in [0.25, 0.3) is 32.1 Å². The maximum Gasteiger partial charge on any atom is 0.189 e. The molecule has 7 heteroatoms. The van der Waals surface area contributed by atoms with Gasteiger partial charge in [-0.3, -0.25) is 9.78 Å². The Labute approximate surface area is 282 Å². The fraction of sp³-hybridized carbons (Fsp3) is 0.459. The van der Waals surface area contributed by atoms with E-state index in [9.17, 15) is 14.3 Å². The number of aryl methyl sites for hydroxylation is 1. The number of hydrogen-bond acceptors (Lipinski definition) is 4. The van der Waals surface area contributed by atoms with Gasteiger partial charge in [0.15, 0.2) is 12.5 Å². The third-order valence-electron chi connectivity index (χ3n) is 9.05. The minimum Gasteiger partial charge on any atom is -0.512 e. The number of halogens is 1. The second-order valence-corrected chi connectivity index (χ2v) is 19.1. The molecule has 2 heterocycles. The summed E-state index contributed by atoms with van der Waals surface area (Å²) >= 11 is 2.02. The van der Waals surface area contributed by atoms with Crippen molar-refractivity contribution in [2.75, 3.05) is 6.67 Å². The summed E-state index contributed by atoms with van der Waals surface area (Å²) in [7, 11) is -1.45. The predicted octanol–water partition coefficient (Wildman–Crippen LogP) is 10.6. The predicted molar refractivity (Wildman–Crippen MR) is 187 cm³/mol. The van der Waals surface area contributed by atoms with Gasteiger partial charge in [0.1, 0.15) is 0 Å². The van der Waals surface area contributed by atoms with Crippen LogP contribution in [0.1, 0.15) is 79.4 Å². The molecule has 0 spiro atoms. The first-order valence-electron chi connectivity index (χ1n) is 15.7. The van der Waals surface area contributed by atoms with Crippen molar-refractivity contribution in [3.8, 4) is 11.3 Å². The number of thiophene rings is 1. The van der Waals surface area contributed by atoms with Gasteiger partial charge >= 0.3 is 0 Å². The number of aromatic nitrogens is 1. The Balaban J connectivity index is 0.000000444. The monoisotopic (exact) mass is 811 g/mol. The van der Waals surface area contributed by atoms with Crippen molar-refractivity contribution in [1.82, 2.24) is 4.98 Å². The van der Waals surface area contributed by atoms with Crippen LogP contribution in [-0.4, -0.2) is 30.6 Å². The van der Waals surface area contributed by atoms with Crippen LogP contribution in [0.3, 0.4) is 0 Å². The van der Waals surface area contributed by atoms with Crippen LogP contribution in [0, 0.1) is 18.9 Å². The van der Waals surface area contributed by atoms with Gasteiger partial charge in [-0.25, -0.2) is 4.39 Å². The van der Waals surface area contributed by atoms with Gasteiger partial charge in [0.2, 0.25) is 0 Å². The molecule has 44 heavy (non-hydrogen) atoms. The Morgan fingerprint density at radius 3 is 2.20 bits per heavy atom. The molecule has 0 saturated carbocycles. The van der Waals surface area contributed by atoms with E-state index in [4.69, 9.17) is 4.98 Å². The van der Waals surface area contributed by atoms with Gasteiger partial charge in [-0.05, 0) is 46.7 Å². The van der Waals surface area contributed by atoms with E-state index in [1.165, 1.54) is 50.1 Å². The smallest absolute Gasteiger partial charge is 0.189 e. The number of aliphatic hydroxyl groups is 1. The molecule has 0 fully saturated rings. The van der Waals surface area contributed by atoms with Crippen molar-refractivity contribution >= 4 is 50.6 Å². The number of carbonyl (C=O) groups excluding carboxylic acids is 1. The molecule has 0 bridgehead atoms. The van der Waals surface area contributed by atoms with Gasteiger partial charge in [0, 0.05) is 48.7 Å². The van der Waals surface area contributed by atoms with E-state index in [0.717, 1.165) is 30.2 Å². The number of hydrogen-bond donors (Lipinski definition) is 1. The van der Waals surface area contributed by atoms with Gasteiger partial charge in [-0.15, -0.1) is 29.1 Å². The van der Waals surface area contributed by atoms with Crippen LogP contribution in [-0.2, 0) is 30.3 Å². The summed E-state index contributed by atoms with van der Waals surface area (Å²) < 4.78 is 14.7. The van der Waals surface area contributed by atoms with Gasteiger partial charge < -0.3 is 5.11 Å². The van der Waals surface area contributed by atoms with Crippen molar-refractivity contribution in [2.24, 2.45) is 5.92 Å². The Hall–Kier alpha value is -2.18. The minimum absolute atomic E-state index is 0. The third kappa shape index (κ3) is 8.15. The van der Waals surface area contributed by atoms with E-state index in [1.54, 1.807) is 4.50 Å². The molecule has 1 N–H and O–H groups in total. The molecular weight excluding hydrogens is 762 g/mol. The second-order valence-electron chi connectivity index (χ2n) is 12.5. The number of rotatable bonds is 10. The molecule has 0 saturated heterocycles. The van der Waals surface area contributed by atoms with Gasteiger partial charge in [-0.1, -0.05) is 103 Å². The zero-order valence-corrected chi connectivity index (χ0v) is 32.1. The number of carbonyl (C=O) groups is 1. The number of allylic oxidation sites excluding steroid dienone is 2. The van der Waals surface area contributed by atoms with E-state index in [0.29, 0.717) is 0 Å². The van der Waals surface area contributed by atoms with Crippen molar-refractivity contribution in [2.45, 2.75) is 98.7 Å². The summed E-state index contributed by atoms with van der Waals surface area (Å²) in [5, 5.41) is 13.1. The summed E-state index contributed by atoms with van der Waals surface area (Å²) in [6, 6.07) is 20.9. The van der Waals surface area contributed by atoms with E-state index >= 15 is 0 Å². The topological polar surface area (TPSA) is 50.2 Å². The van der Waals surface area contributed by atoms with E-state index in [1.807, 2.05) is 31.4 Å². The van der Waals surface area contributed by atoms with Crippen molar-refractivity contribution in [3.63, 3.8) is 0 Å². The first-order valence-corrected chi connectivity index (χ1v) is 19.2. The van der Waals surface area contributed by atoms with Gasteiger partial charge in [-0.2, -0.15) is 11.3 Å². The quantitative estimate of drug-likeness (QED) is 0.0751. The molecular formula is C37H49FIrNO2SSi-. The molecule has 4 aromatic rings. The van der Waals surface area contributed by atoms with Crippen LogP contribution in [0.2, 0.25) is 18.1 Å². The first-order chi connectivity index (χ1) is 20.4. The molecule has 0 unspecified atom stereocenters. The summed E-state index contributed by atoms with van der Waals surface area (Å²) in [5.41, 5.74) is 5.14. The van der Waals surface area contributed by atoms with Gasteiger partial charge in [0.05, 0.1) is 13.8 Å². The molecule has 2 aromatic carbocycles. The second kappa shape index (κ2) is 16.4. The molecule has 0 aliphatic heterocycles.